The Balaban J connectivity index is 1.60. The van der Waals surface area contributed by atoms with Crippen molar-refractivity contribution in [3.63, 3.8) is 0 Å². The van der Waals surface area contributed by atoms with Gasteiger partial charge in [-0.25, -0.2) is 9.96 Å². The highest BCUT2D eigenvalue weighted by molar-refractivity contribution is 6.42. The number of hydroxylamine groups is 1. The number of nitrogens with zero attached hydrogens (tertiary/aromatic N) is 3. The molecule has 2 aliphatic rings. The predicted octanol–water partition coefficient (Wildman–Crippen LogP) is 4.95. The second kappa shape index (κ2) is 8.15. The largest absolute Gasteiger partial charge is 0.273 e. The van der Waals surface area contributed by atoms with E-state index in [1.807, 2.05) is 6.07 Å². The molecule has 2 saturated heterocycles. The standard InChI is InChI=1S/C23H15Cl2N3O5/c24-17-10-9-15(12-18(17)25)26-22(29)19-20(13-5-4-8-16(11-13)28(31)32)27(33-21(19)23(26)30)14-6-2-1-3-7-14/h1-12,19-21H. The van der Waals surface area contributed by atoms with E-state index in [0.717, 1.165) is 4.90 Å². The van der Waals surface area contributed by atoms with Gasteiger partial charge in [-0.1, -0.05) is 53.5 Å². The first kappa shape index (κ1) is 21.4. The number of halogens is 2. The van der Waals surface area contributed by atoms with Crippen LogP contribution in [0.15, 0.2) is 72.8 Å². The molecule has 33 heavy (non-hydrogen) atoms. The minimum absolute atomic E-state index is 0.123. The maximum Gasteiger partial charge on any atom is 0.269 e. The summed E-state index contributed by atoms with van der Waals surface area (Å²) in [6.45, 7) is 0. The van der Waals surface area contributed by atoms with Crippen molar-refractivity contribution in [2.45, 2.75) is 12.1 Å². The van der Waals surface area contributed by atoms with Gasteiger partial charge in [0, 0.05) is 12.1 Å². The summed E-state index contributed by atoms with van der Waals surface area (Å²) < 4.78 is 0. The first-order chi connectivity index (χ1) is 15.9. The normalized spacial score (nSPS) is 22.1. The van der Waals surface area contributed by atoms with E-state index in [9.17, 15) is 19.7 Å². The van der Waals surface area contributed by atoms with Gasteiger partial charge >= 0.3 is 0 Å². The Labute approximate surface area is 198 Å². The monoisotopic (exact) mass is 483 g/mol. The highest BCUT2D eigenvalue weighted by Gasteiger charge is 2.60. The fraction of sp³-hybridized carbons (Fsp3) is 0.130. The van der Waals surface area contributed by atoms with Crippen LogP contribution in [0.25, 0.3) is 0 Å². The number of anilines is 2. The first-order valence-electron chi connectivity index (χ1n) is 9.95. The molecule has 2 aliphatic heterocycles. The lowest BCUT2D eigenvalue weighted by molar-refractivity contribution is -0.384. The molecule has 0 radical (unpaired) electrons. The van der Waals surface area contributed by atoms with Gasteiger partial charge in [-0.05, 0) is 35.9 Å². The van der Waals surface area contributed by atoms with Gasteiger partial charge in [0.25, 0.3) is 11.6 Å². The summed E-state index contributed by atoms with van der Waals surface area (Å²) >= 11 is 12.1. The Hall–Kier alpha value is -3.46. The molecule has 0 bridgehead atoms. The number of nitro groups is 1. The molecule has 8 nitrogen and oxygen atoms in total. The zero-order valence-corrected chi connectivity index (χ0v) is 18.3. The second-order valence-corrected chi connectivity index (χ2v) is 8.43. The third-order valence-electron chi connectivity index (χ3n) is 5.71. The quantitative estimate of drug-likeness (QED) is 0.296. The van der Waals surface area contributed by atoms with Crippen molar-refractivity contribution in [3.05, 3.63) is 98.5 Å². The number of hydrogen-bond donors (Lipinski definition) is 0. The summed E-state index contributed by atoms with van der Waals surface area (Å²) in [7, 11) is 0. The van der Waals surface area contributed by atoms with Crippen LogP contribution in [-0.2, 0) is 14.4 Å². The van der Waals surface area contributed by atoms with Crippen LogP contribution < -0.4 is 9.96 Å². The lowest BCUT2D eigenvalue weighted by Gasteiger charge is -2.28. The number of carbonyl (C=O) groups is 2. The van der Waals surface area contributed by atoms with Crippen LogP contribution in [-0.4, -0.2) is 22.8 Å². The molecule has 5 rings (SSSR count). The van der Waals surface area contributed by atoms with E-state index in [2.05, 4.69) is 0 Å². The maximum atomic E-state index is 13.6. The minimum atomic E-state index is -1.10. The van der Waals surface area contributed by atoms with E-state index in [1.165, 1.54) is 35.4 Å². The van der Waals surface area contributed by atoms with Crippen LogP contribution in [0.5, 0.6) is 0 Å². The summed E-state index contributed by atoms with van der Waals surface area (Å²) in [6.07, 6.45) is -1.10. The van der Waals surface area contributed by atoms with Crippen molar-refractivity contribution in [3.8, 4) is 0 Å². The molecule has 166 valence electrons. The highest BCUT2D eigenvalue weighted by Crippen LogP contribution is 2.48. The van der Waals surface area contributed by atoms with Crippen molar-refractivity contribution in [2.75, 3.05) is 9.96 Å². The smallest absolute Gasteiger partial charge is 0.269 e. The second-order valence-electron chi connectivity index (χ2n) is 7.62. The lowest BCUT2D eigenvalue weighted by Crippen LogP contribution is -2.37. The van der Waals surface area contributed by atoms with Crippen molar-refractivity contribution in [2.24, 2.45) is 5.92 Å². The Morgan fingerprint density at radius 2 is 1.61 bits per heavy atom. The van der Waals surface area contributed by atoms with E-state index in [0.29, 0.717) is 16.3 Å². The summed E-state index contributed by atoms with van der Waals surface area (Å²) in [5, 5.41) is 13.3. The number of imide groups is 1. The zero-order valence-electron chi connectivity index (χ0n) is 16.8. The molecule has 0 aromatic heterocycles. The van der Waals surface area contributed by atoms with E-state index in [4.69, 9.17) is 28.0 Å². The Bertz CT molecular complexity index is 1290. The number of amides is 2. The molecular weight excluding hydrogens is 469 g/mol. The van der Waals surface area contributed by atoms with Gasteiger partial charge in [0.05, 0.1) is 32.4 Å². The van der Waals surface area contributed by atoms with Crippen LogP contribution in [0, 0.1) is 16.0 Å². The number of nitro benzene ring substituents is 1. The summed E-state index contributed by atoms with van der Waals surface area (Å²) in [6, 6.07) is 18.7. The average Bonchev–Trinajstić information content (AvgIpc) is 3.32. The SMILES string of the molecule is O=C1C2ON(c3ccccc3)C(c3cccc([N+](=O)[O-])c3)C2C(=O)N1c1ccc(Cl)c(Cl)c1. The molecule has 0 saturated carbocycles. The fourth-order valence-corrected chi connectivity index (χ4v) is 4.55. The van der Waals surface area contributed by atoms with Crippen LogP contribution in [0.1, 0.15) is 11.6 Å². The van der Waals surface area contributed by atoms with Crippen LogP contribution in [0.3, 0.4) is 0 Å². The van der Waals surface area contributed by atoms with Crippen molar-refractivity contribution < 1.29 is 19.3 Å². The number of rotatable bonds is 4. The number of para-hydroxylation sites is 1. The maximum absolute atomic E-state index is 13.6. The average molecular weight is 484 g/mol. The van der Waals surface area contributed by atoms with Gasteiger partial charge in [-0.2, -0.15) is 0 Å². The van der Waals surface area contributed by atoms with Gasteiger partial charge in [0.1, 0.15) is 5.92 Å². The van der Waals surface area contributed by atoms with Crippen LogP contribution >= 0.6 is 23.2 Å². The molecule has 0 N–H and O–H groups in total. The number of carbonyl (C=O) groups excluding carboxylic acids is 2. The van der Waals surface area contributed by atoms with Gasteiger partial charge in [-0.3, -0.25) is 24.5 Å². The van der Waals surface area contributed by atoms with E-state index in [-0.39, 0.29) is 16.4 Å². The molecule has 2 amide bonds. The predicted molar refractivity (Wildman–Crippen MR) is 122 cm³/mol. The number of benzene rings is 3. The van der Waals surface area contributed by atoms with Crippen molar-refractivity contribution in [1.29, 1.82) is 0 Å². The molecule has 10 heteroatoms. The fourth-order valence-electron chi connectivity index (χ4n) is 4.25. The van der Waals surface area contributed by atoms with Crippen molar-refractivity contribution in [1.82, 2.24) is 0 Å². The molecule has 3 unspecified atom stereocenters. The first-order valence-corrected chi connectivity index (χ1v) is 10.7. The third-order valence-corrected chi connectivity index (χ3v) is 6.45. The number of fused-ring (bicyclic) bond motifs is 1. The van der Waals surface area contributed by atoms with Crippen LogP contribution in [0.2, 0.25) is 10.0 Å². The molecule has 3 aromatic carbocycles. The van der Waals surface area contributed by atoms with Gasteiger partial charge in [0.2, 0.25) is 5.91 Å². The number of hydrogen-bond acceptors (Lipinski definition) is 6. The summed E-state index contributed by atoms with van der Waals surface area (Å²) in [5.41, 5.74) is 1.26. The van der Waals surface area contributed by atoms with Crippen molar-refractivity contribution >= 4 is 52.1 Å². The molecular formula is C23H15Cl2N3O5. The van der Waals surface area contributed by atoms with E-state index in [1.54, 1.807) is 36.4 Å². The molecule has 0 spiro atoms. The molecule has 3 aromatic rings. The minimum Gasteiger partial charge on any atom is -0.273 e. The Kier molecular flexibility index (Phi) is 5.28. The van der Waals surface area contributed by atoms with Gasteiger partial charge < -0.3 is 0 Å². The third kappa shape index (κ3) is 3.52. The Morgan fingerprint density at radius 3 is 2.30 bits per heavy atom. The summed E-state index contributed by atoms with van der Waals surface area (Å²) in [4.78, 5) is 44.8. The topological polar surface area (TPSA) is 93.0 Å². The molecule has 3 atom stereocenters. The zero-order chi connectivity index (χ0) is 23.3. The highest BCUT2D eigenvalue weighted by atomic mass is 35.5. The summed E-state index contributed by atoms with van der Waals surface area (Å²) in [5.74, 6) is -1.95. The number of non-ortho nitro benzene ring substituents is 1. The molecule has 0 aliphatic carbocycles. The molecule has 2 heterocycles. The van der Waals surface area contributed by atoms with Gasteiger partial charge in [-0.15, -0.1) is 0 Å². The van der Waals surface area contributed by atoms with E-state index < -0.39 is 34.8 Å². The lowest BCUT2D eigenvalue weighted by atomic mass is 9.90. The van der Waals surface area contributed by atoms with E-state index >= 15 is 0 Å². The van der Waals surface area contributed by atoms with Gasteiger partial charge in [0.15, 0.2) is 6.10 Å². The molecule has 2 fully saturated rings. The Morgan fingerprint density at radius 1 is 0.848 bits per heavy atom. The van der Waals surface area contributed by atoms with Crippen LogP contribution in [0.4, 0.5) is 17.1 Å².